The van der Waals surface area contributed by atoms with Crippen LogP contribution in [0.25, 0.3) is 0 Å². The Balaban J connectivity index is 2.22. The van der Waals surface area contributed by atoms with Crippen LogP contribution in [0.1, 0.15) is 27.2 Å². The molecule has 4 heteroatoms. The largest absolute Gasteiger partial charge is 0.469 e. The van der Waals surface area contributed by atoms with Crippen molar-refractivity contribution in [2.45, 2.75) is 27.2 Å². The summed E-state index contributed by atoms with van der Waals surface area (Å²) in [5, 5.41) is 3.40. The Labute approximate surface area is 105 Å². The van der Waals surface area contributed by atoms with Crippen LogP contribution in [-0.2, 0) is 9.53 Å². The summed E-state index contributed by atoms with van der Waals surface area (Å²) in [5.41, 5.74) is -0.433. The van der Waals surface area contributed by atoms with Gasteiger partial charge in [-0.25, -0.2) is 0 Å². The standard InChI is InChI=1S/C13H26N2O2/c1-5-15-7-6-11(9-15)8-14-10-13(2,3)12(16)17-4/h11,14H,5-10H2,1-4H3. The predicted octanol–water partition coefficient (Wildman–Crippen LogP) is 1.12. The van der Waals surface area contributed by atoms with E-state index in [0.717, 1.165) is 19.0 Å². The molecule has 1 rings (SSSR count). The van der Waals surface area contributed by atoms with Crippen molar-refractivity contribution in [2.75, 3.05) is 39.8 Å². The van der Waals surface area contributed by atoms with Gasteiger partial charge in [0, 0.05) is 13.1 Å². The third-order valence-electron chi connectivity index (χ3n) is 3.56. The molecule has 0 amide bonds. The van der Waals surface area contributed by atoms with Crippen molar-refractivity contribution in [3.63, 3.8) is 0 Å². The number of rotatable bonds is 6. The van der Waals surface area contributed by atoms with Crippen LogP contribution < -0.4 is 5.32 Å². The van der Waals surface area contributed by atoms with E-state index in [1.165, 1.54) is 26.6 Å². The Bertz CT molecular complexity index is 254. The van der Waals surface area contributed by atoms with Crippen LogP contribution in [0, 0.1) is 11.3 Å². The number of carbonyl (C=O) groups excluding carboxylic acids is 1. The third-order valence-corrected chi connectivity index (χ3v) is 3.56. The maximum Gasteiger partial charge on any atom is 0.312 e. The zero-order chi connectivity index (χ0) is 12.9. The number of hydrogen-bond acceptors (Lipinski definition) is 4. The Hall–Kier alpha value is -0.610. The molecule has 0 aromatic carbocycles. The quantitative estimate of drug-likeness (QED) is 0.709. The maximum atomic E-state index is 11.5. The molecular formula is C13H26N2O2. The molecule has 0 saturated carbocycles. The Morgan fingerprint density at radius 1 is 1.53 bits per heavy atom. The minimum atomic E-state index is -0.433. The second-order valence-electron chi connectivity index (χ2n) is 5.55. The Morgan fingerprint density at radius 3 is 2.76 bits per heavy atom. The highest BCUT2D eigenvalue weighted by Gasteiger charge is 2.29. The van der Waals surface area contributed by atoms with Gasteiger partial charge in [0.05, 0.1) is 12.5 Å². The first-order valence-electron chi connectivity index (χ1n) is 6.51. The van der Waals surface area contributed by atoms with Crippen LogP contribution >= 0.6 is 0 Å². The minimum Gasteiger partial charge on any atom is -0.469 e. The number of hydrogen-bond donors (Lipinski definition) is 1. The monoisotopic (exact) mass is 242 g/mol. The van der Waals surface area contributed by atoms with Crippen molar-refractivity contribution in [3.05, 3.63) is 0 Å². The van der Waals surface area contributed by atoms with E-state index in [-0.39, 0.29) is 5.97 Å². The fraction of sp³-hybridized carbons (Fsp3) is 0.923. The van der Waals surface area contributed by atoms with Gasteiger partial charge in [0.1, 0.15) is 0 Å². The molecule has 0 aromatic heterocycles. The van der Waals surface area contributed by atoms with E-state index >= 15 is 0 Å². The molecule has 0 spiro atoms. The van der Waals surface area contributed by atoms with E-state index in [4.69, 9.17) is 4.74 Å². The first-order chi connectivity index (χ1) is 7.99. The fourth-order valence-electron chi connectivity index (χ4n) is 2.30. The van der Waals surface area contributed by atoms with E-state index in [0.29, 0.717) is 6.54 Å². The van der Waals surface area contributed by atoms with Crippen molar-refractivity contribution in [3.8, 4) is 0 Å². The minimum absolute atomic E-state index is 0.147. The summed E-state index contributed by atoms with van der Waals surface area (Å²) in [6.07, 6.45) is 1.26. The van der Waals surface area contributed by atoms with Gasteiger partial charge in [-0.3, -0.25) is 4.79 Å². The van der Waals surface area contributed by atoms with Crippen molar-refractivity contribution in [1.29, 1.82) is 0 Å². The molecule has 1 unspecified atom stereocenters. The number of methoxy groups -OCH3 is 1. The highest BCUT2D eigenvalue weighted by molar-refractivity contribution is 5.76. The lowest BCUT2D eigenvalue weighted by atomic mass is 9.93. The Kier molecular flexibility index (Phi) is 5.40. The van der Waals surface area contributed by atoms with Gasteiger partial charge < -0.3 is 15.0 Å². The van der Waals surface area contributed by atoms with Crippen molar-refractivity contribution < 1.29 is 9.53 Å². The van der Waals surface area contributed by atoms with Gasteiger partial charge in [0.15, 0.2) is 0 Å². The summed E-state index contributed by atoms with van der Waals surface area (Å²) in [6.45, 7) is 11.3. The molecule has 0 radical (unpaired) electrons. The van der Waals surface area contributed by atoms with E-state index in [1.807, 2.05) is 13.8 Å². The number of nitrogens with one attached hydrogen (secondary N) is 1. The second-order valence-corrected chi connectivity index (χ2v) is 5.55. The molecule has 1 aliphatic heterocycles. The molecular weight excluding hydrogens is 216 g/mol. The summed E-state index contributed by atoms with van der Waals surface area (Å²) in [6, 6.07) is 0. The summed E-state index contributed by atoms with van der Waals surface area (Å²) >= 11 is 0. The van der Waals surface area contributed by atoms with Crippen LogP contribution in [0.2, 0.25) is 0 Å². The zero-order valence-corrected chi connectivity index (χ0v) is 11.6. The molecule has 1 fully saturated rings. The molecule has 0 aliphatic carbocycles. The van der Waals surface area contributed by atoms with Crippen LogP contribution in [-0.4, -0.2) is 50.7 Å². The lowest BCUT2D eigenvalue weighted by Crippen LogP contribution is -2.39. The molecule has 1 aliphatic rings. The highest BCUT2D eigenvalue weighted by Crippen LogP contribution is 2.17. The van der Waals surface area contributed by atoms with Gasteiger partial charge in [0.25, 0.3) is 0 Å². The fourth-order valence-corrected chi connectivity index (χ4v) is 2.30. The van der Waals surface area contributed by atoms with Gasteiger partial charge in [-0.2, -0.15) is 0 Å². The SMILES string of the molecule is CCN1CCC(CNCC(C)(C)C(=O)OC)C1. The van der Waals surface area contributed by atoms with Crippen LogP contribution in [0.4, 0.5) is 0 Å². The van der Waals surface area contributed by atoms with Gasteiger partial charge in [-0.15, -0.1) is 0 Å². The third kappa shape index (κ3) is 4.28. The summed E-state index contributed by atoms with van der Waals surface area (Å²) in [5.74, 6) is 0.579. The summed E-state index contributed by atoms with van der Waals surface area (Å²) < 4.78 is 4.78. The average molecular weight is 242 g/mol. The molecule has 0 aromatic rings. The number of ether oxygens (including phenoxy) is 1. The lowest BCUT2D eigenvalue weighted by Gasteiger charge is -2.23. The van der Waals surface area contributed by atoms with Crippen LogP contribution in [0.3, 0.4) is 0 Å². The number of nitrogens with zero attached hydrogens (tertiary/aromatic N) is 1. The van der Waals surface area contributed by atoms with Crippen molar-refractivity contribution >= 4 is 5.97 Å². The van der Waals surface area contributed by atoms with E-state index in [2.05, 4.69) is 17.1 Å². The molecule has 1 saturated heterocycles. The Morgan fingerprint density at radius 2 is 2.24 bits per heavy atom. The smallest absolute Gasteiger partial charge is 0.312 e. The van der Waals surface area contributed by atoms with Crippen LogP contribution in [0.15, 0.2) is 0 Å². The van der Waals surface area contributed by atoms with Gasteiger partial charge in [-0.1, -0.05) is 6.92 Å². The molecule has 1 heterocycles. The van der Waals surface area contributed by atoms with Crippen LogP contribution in [0.5, 0.6) is 0 Å². The molecule has 100 valence electrons. The summed E-state index contributed by atoms with van der Waals surface area (Å²) in [4.78, 5) is 14.0. The molecule has 17 heavy (non-hydrogen) atoms. The van der Waals surface area contributed by atoms with E-state index in [9.17, 15) is 4.79 Å². The molecule has 1 atom stereocenters. The first-order valence-corrected chi connectivity index (χ1v) is 6.51. The van der Waals surface area contributed by atoms with Gasteiger partial charge >= 0.3 is 5.97 Å². The average Bonchev–Trinajstić information content (AvgIpc) is 2.75. The molecule has 0 bridgehead atoms. The normalized spacial score (nSPS) is 21.8. The maximum absolute atomic E-state index is 11.5. The molecule has 4 nitrogen and oxygen atoms in total. The van der Waals surface area contributed by atoms with Gasteiger partial charge in [-0.05, 0) is 45.8 Å². The number of carbonyl (C=O) groups is 1. The van der Waals surface area contributed by atoms with E-state index < -0.39 is 5.41 Å². The number of likely N-dealkylation sites (tertiary alicyclic amines) is 1. The second kappa shape index (κ2) is 6.36. The topological polar surface area (TPSA) is 41.6 Å². The zero-order valence-electron chi connectivity index (χ0n) is 11.6. The first kappa shape index (κ1) is 14.5. The van der Waals surface area contributed by atoms with Crippen molar-refractivity contribution in [2.24, 2.45) is 11.3 Å². The van der Waals surface area contributed by atoms with E-state index in [1.54, 1.807) is 0 Å². The van der Waals surface area contributed by atoms with Gasteiger partial charge in [0.2, 0.25) is 0 Å². The lowest BCUT2D eigenvalue weighted by molar-refractivity contribution is -0.150. The summed E-state index contributed by atoms with van der Waals surface area (Å²) in [7, 11) is 1.44. The van der Waals surface area contributed by atoms with Crippen molar-refractivity contribution in [1.82, 2.24) is 10.2 Å². The molecule has 1 N–H and O–H groups in total. The number of esters is 1. The predicted molar refractivity (Wildman–Crippen MR) is 68.9 cm³/mol. The highest BCUT2D eigenvalue weighted by atomic mass is 16.5.